The minimum Gasteiger partial charge on any atom is -0.466 e. The van der Waals surface area contributed by atoms with Crippen LogP contribution >= 0.6 is 0 Å². The minimum atomic E-state index is -0.670. The van der Waals surface area contributed by atoms with Crippen molar-refractivity contribution in [2.75, 3.05) is 13.2 Å². The molecule has 2 unspecified atom stereocenters. The van der Waals surface area contributed by atoms with E-state index < -0.39 is 12.1 Å². The van der Waals surface area contributed by atoms with E-state index >= 15 is 0 Å². The molecule has 6 nitrogen and oxygen atoms in total. The molecule has 0 aliphatic carbocycles. The number of aliphatic hydroxyl groups is 2. The van der Waals surface area contributed by atoms with Gasteiger partial charge in [-0.15, -0.1) is 0 Å². The van der Waals surface area contributed by atoms with Gasteiger partial charge in [-0.05, 0) is 51.4 Å². The number of nitrogens with one attached hydrogen (secondary N) is 1. The van der Waals surface area contributed by atoms with Gasteiger partial charge in [0, 0.05) is 12.8 Å². The SMILES string of the molecule is CCCCCCCCCCCCCCCCCCCCCCCCC(O)C(CO)NC(=O)CCCCCCCCC/C=C\CCCCCCCCCCCCOC(=O)CCCCCCCCCCCCCCCC. The lowest BCUT2D eigenvalue weighted by molar-refractivity contribution is -0.143. The van der Waals surface area contributed by atoms with Crippen LogP contribution in [0.5, 0.6) is 0 Å². The first-order valence-corrected chi connectivity index (χ1v) is 33.9. The maximum atomic E-state index is 12.5. The van der Waals surface area contributed by atoms with Gasteiger partial charge in [0.25, 0.3) is 0 Å². The smallest absolute Gasteiger partial charge is 0.305 e. The molecule has 0 aliphatic rings. The third-order valence-corrected chi connectivity index (χ3v) is 16.1. The molecule has 0 saturated heterocycles. The standard InChI is InChI=1S/C68H133NO5/c1-3-5-7-9-11-13-15-17-19-20-21-22-24-27-30-33-36-40-44-48-52-56-60-66(71)65(64-70)69-67(72)61-57-53-49-45-41-37-34-31-28-25-23-26-29-32-35-39-43-47-51-55-59-63-74-68(73)62-58-54-50-46-42-38-18-16-14-12-10-8-6-4-2/h25,28,65-66,70-71H,3-24,26-27,29-64H2,1-2H3,(H,69,72)/b28-25-. The number of hydrogen-bond donors (Lipinski definition) is 3. The van der Waals surface area contributed by atoms with Crippen LogP contribution in [0.15, 0.2) is 12.2 Å². The van der Waals surface area contributed by atoms with Crippen LogP contribution in [-0.4, -0.2) is 47.4 Å². The van der Waals surface area contributed by atoms with Gasteiger partial charge >= 0.3 is 5.97 Å². The molecule has 1 amide bonds. The first kappa shape index (κ1) is 72.6. The van der Waals surface area contributed by atoms with Gasteiger partial charge in [0.2, 0.25) is 5.91 Å². The third-order valence-electron chi connectivity index (χ3n) is 16.1. The quantitative estimate of drug-likeness (QED) is 0.0320. The average Bonchev–Trinajstić information content (AvgIpc) is 3.40. The Kier molecular flexibility index (Phi) is 62.9. The highest BCUT2D eigenvalue weighted by Gasteiger charge is 2.20. The van der Waals surface area contributed by atoms with Crippen molar-refractivity contribution in [1.29, 1.82) is 0 Å². The number of carbonyl (C=O) groups excluding carboxylic acids is 2. The highest BCUT2D eigenvalue weighted by Crippen LogP contribution is 2.19. The van der Waals surface area contributed by atoms with Crippen molar-refractivity contribution in [3.05, 3.63) is 12.2 Å². The molecule has 0 saturated carbocycles. The number of ether oxygens (including phenoxy) is 1. The largest absolute Gasteiger partial charge is 0.466 e. The molecular formula is C68H133NO5. The zero-order valence-corrected chi connectivity index (χ0v) is 50.4. The molecule has 0 spiro atoms. The third kappa shape index (κ3) is 59.8. The van der Waals surface area contributed by atoms with Crippen LogP contribution in [0.25, 0.3) is 0 Å². The van der Waals surface area contributed by atoms with Crippen molar-refractivity contribution in [2.45, 2.75) is 398 Å². The lowest BCUT2D eigenvalue weighted by Gasteiger charge is -2.22. The van der Waals surface area contributed by atoms with E-state index in [2.05, 4.69) is 31.3 Å². The van der Waals surface area contributed by atoms with Crippen molar-refractivity contribution in [2.24, 2.45) is 0 Å². The van der Waals surface area contributed by atoms with E-state index in [4.69, 9.17) is 4.74 Å². The zero-order chi connectivity index (χ0) is 53.6. The molecule has 0 aromatic rings. The molecule has 6 heteroatoms. The lowest BCUT2D eigenvalue weighted by Crippen LogP contribution is -2.45. The van der Waals surface area contributed by atoms with Crippen LogP contribution in [0.3, 0.4) is 0 Å². The molecule has 0 aromatic carbocycles. The number of esters is 1. The highest BCUT2D eigenvalue weighted by atomic mass is 16.5. The summed E-state index contributed by atoms with van der Waals surface area (Å²) in [5, 5.41) is 23.4. The number of amides is 1. The maximum Gasteiger partial charge on any atom is 0.305 e. The summed E-state index contributed by atoms with van der Waals surface area (Å²) < 4.78 is 5.49. The predicted octanol–water partition coefficient (Wildman–Crippen LogP) is 21.6. The predicted molar refractivity (Wildman–Crippen MR) is 324 cm³/mol. The van der Waals surface area contributed by atoms with Crippen LogP contribution in [0, 0.1) is 0 Å². The fraction of sp³-hybridized carbons (Fsp3) is 0.941. The molecule has 74 heavy (non-hydrogen) atoms. The number of allylic oxidation sites excluding steroid dienone is 2. The van der Waals surface area contributed by atoms with E-state index in [1.807, 2.05) is 0 Å². The fourth-order valence-electron chi connectivity index (χ4n) is 10.9. The summed E-state index contributed by atoms with van der Waals surface area (Å²) in [6.07, 6.45) is 78.1. The summed E-state index contributed by atoms with van der Waals surface area (Å²) in [5.74, 6) is -0.0264. The molecule has 0 heterocycles. The first-order valence-electron chi connectivity index (χ1n) is 33.9. The van der Waals surface area contributed by atoms with Gasteiger partial charge in [-0.2, -0.15) is 0 Å². The summed E-state index contributed by atoms with van der Waals surface area (Å²) >= 11 is 0. The Balaban J connectivity index is 3.41. The van der Waals surface area contributed by atoms with Crippen LogP contribution in [0.2, 0.25) is 0 Å². The maximum absolute atomic E-state index is 12.5. The van der Waals surface area contributed by atoms with E-state index in [9.17, 15) is 19.8 Å². The fourth-order valence-corrected chi connectivity index (χ4v) is 10.9. The summed E-state index contributed by atoms with van der Waals surface area (Å²) in [6.45, 7) is 4.99. The first-order chi connectivity index (χ1) is 36.5. The summed E-state index contributed by atoms with van der Waals surface area (Å²) in [6, 6.07) is -0.548. The highest BCUT2D eigenvalue weighted by molar-refractivity contribution is 5.76. The van der Waals surface area contributed by atoms with Gasteiger partial charge < -0.3 is 20.3 Å². The van der Waals surface area contributed by atoms with E-state index in [1.54, 1.807) is 0 Å². The van der Waals surface area contributed by atoms with Crippen LogP contribution in [0.4, 0.5) is 0 Å². The number of hydrogen-bond acceptors (Lipinski definition) is 5. The average molecular weight is 1040 g/mol. The van der Waals surface area contributed by atoms with Crippen molar-refractivity contribution in [3.63, 3.8) is 0 Å². The molecule has 0 aromatic heterocycles. The van der Waals surface area contributed by atoms with Gasteiger partial charge in [-0.3, -0.25) is 9.59 Å². The van der Waals surface area contributed by atoms with Gasteiger partial charge in [-0.1, -0.05) is 334 Å². The molecule has 0 fully saturated rings. The lowest BCUT2D eigenvalue weighted by atomic mass is 10.0. The Morgan fingerprint density at radius 2 is 0.635 bits per heavy atom. The zero-order valence-electron chi connectivity index (χ0n) is 50.4. The Morgan fingerprint density at radius 3 is 0.959 bits per heavy atom. The second kappa shape index (κ2) is 64.1. The Hall–Kier alpha value is -1.40. The van der Waals surface area contributed by atoms with E-state index in [0.717, 1.165) is 38.5 Å². The molecule has 0 radical (unpaired) electrons. The second-order valence-electron chi connectivity index (χ2n) is 23.5. The molecule has 0 aliphatic heterocycles. The Bertz CT molecular complexity index is 1110. The van der Waals surface area contributed by atoms with Crippen LogP contribution < -0.4 is 5.32 Å². The van der Waals surface area contributed by atoms with Gasteiger partial charge in [0.1, 0.15) is 0 Å². The number of carbonyl (C=O) groups is 2. The van der Waals surface area contributed by atoms with E-state index in [0.29, 0.717) is 25.9 Å². The van der Waals surface area contributed by atoms with Gasteiger partial charge in [0.05, 0.1) is 25.4 Å². The molecule has 3 N–H and O–H groups in total. The molecular weight excluding hydrogens is 911 g/mol. The molecule has 0 rings (SSSR count). The summed E-state index contributed by atoms with van der Waals surface area (Å²) in [4.78, 5) is 24.6. The van der Waals surface area contributed by atoms with Crippen molar-refractivity contribution in [3.8, 4) is 0 Å². The normalized spacial score (nSPS) is 12.5. The number of unbranched alkanes of at least 4 members (excludes halogenated alkanes) is 51. The van der Waals surface area contributed by atoms with Gasteiger partial charge in [0.15, 0.2) is 0 Å². The summed E-state index contributed by atoms with van der Waals surface area (Å²) in [5.41, 5.74) is 0. The Labute approximate surface area is 463 Å². The monoisotopic (exact) mass is 1040 g/mol. The van der Waals surface area contributed by atoms with E-state index in [-0.39, 0.29) is 18.5 Å². The number of aliphatic hydroxyl groups excluding tert-OH is 2. The van der Waals surface area contributed by atoms with Crippen LogP contribution in [0.1, 0.15) is 386 Å². The molecule has 440 valence electrons. The summed E-state index contributed by atoms with van der Waals surface area (Å²) in [7, 11) is 0. The second-order valence-corrected chi connectivity index (χ2v) is 23.5. The number of rotatable bonds is 64. The molecule has 0 bridgehead atoms. The van der Waals surface area contributed by atoms with Crippen LogP contribution in [-0.2, 0) is 14.3 Å². The molecule has 2 atom stereocenters. The van der Waals surface area contributed by atoms with Crippen molar-refractivity contribution in [1.82, 2.24) is 5.32 Å². The van der Waals surface area contributed by atoms with Gasteiger partial charge in [-0.25, -0.2) is 0 Å². The van der Waals surface area contributed by atoms with Crippen molar-refractivity contribution < 1.29 is 24.5 Å². The minimum absolute atomic E-state index is 0.0116. The van der Waals surface area contributed by atoms with E-state index in [1.165, 1.54) is 315 Å². The van der Waals surface area contributed by atoms with Crippen molar-refractivity contribution >= 4 is 11.9 Å². The topological polar surface area (TPSA) is 95.9 Å². The Morgan fingerprint density at radius 1 is 0.365 bits per heavy atom.